The lowest BCUT2D eigenvalue weighted by molar-refractivity contribution is 0.0780. The van der Waals surface area contributed by atoms with E-state index in [9.17, 15) is 9.18 Å². The van der Waals surface area contributed by atoms with Crippen molar-refractivity contribution in [3.8, 4) is 0 Å². The molecule has 3 rings (SSSR count). The van der Waals surface area contributed by atoms with E-state index in [0.29, 0.717) is 12.2 Å². The van der Waals surface area contributed by atoms with Gasteiger partial charge in [-0.15, -0.1) is 0 Å². The molecule has 0 N–H and O–H groups in total. The molecule has 21 heavy (non-hydrogen) atoms. The molecule has 1 saturated heterocycles. The van der Waals surface area contributed by atoms with Crippen LogP contribution in [0, 0.1) is 12.7 Å². The third kappa shape index (κ3) is 2.55. The molecule has 0 saturated carbocycles. The monoisotopic (exact) mass is 287 g/mol. The first-order valence-corrected chi connectivity index (χ1v) is 7.09. The molecule has 0 spiro atoms. The Kier molecular flexibility index (Phi) is 3.49. The lowest BCUT2D eigenvalue weighted by Crippen LogP contribution is -2.30. The normalized spacial score (nSPS) is 18.2. The lowest BCUT2D eigenvalue weighted by Gasteiger charge is -2.17. The van der Waals surface area contributed by atoms with Gasteiger partial charge in [-0.3, -0.25) is 4.79 Å². The Morgan fingerprint density at radius 2 is 2.05 bits per heavy atom. The summed E-state index contributed by atoms with van der Waals surface area (Å²) in [4.78, 5) is 18.6. The summed E-state index contributed by atoms with van der Waals surface area (Å²) in [6.45, 7) is 3.25. The SMILES string of the molecule is Cc1ncn(C)c1C(=O)N1CC[C@H](c2ccc(F)cc2)C1. The van der Waals surface area contributed by atoms with Crippen LogP contribution >= 0.6 is 0 Å². The largest absolute Gasteiger partial charge is 0.337 e. The fourth-order valence-corrected chi connectivity index (χ4v) is 2.95. The highest BCUT2D eigenvalue weighted by Crippen LogP contribution is 2.28. The minimum atomic E-state index is -0.227. The highest BCUT2D eigenvalue weighted by Gasteiger charge is 2.30. The van der Waals surface area contributed by atoms with Crippen molar-refractivity contribution in [2.24, 2.45) is 7.05 Å². The van der Waals surface area contributed by atoms with E-state index in [1.807, 2.05) is 31.0 Å². The third-order valence-electron chi connectivity index (χ3n) is 4.14. The van der Waals surface area contributed by atoms with Gasteiger partial charge in [0.05, 0.1) is 12.0 Å². The van der Waals surface area contributed by atoms with Gasteiger partial charge in [-0.2, -0.15) is 0 Å². The fourth-order valence-electron chi connectivity index (χ4n) is 2.95. The molecule has 110 valence electrons. The number of imidazole rings is 1. The van der Waals surface area contributed by atoms with Crippen LogP contribution in [-0.4, -0.2) is 33.4 Å². The Hall–Kier alpha value is -2.17. The Balaban J connectivity index is 1.75. The van der Waals surface area contributed by atoms with Crippen LogP contribution in [-0.2, 0) is 7.05 Å². The number of aromatic nitrogens is 2. The molecule has 2 aromatic rings. The Morgan fingerprint density at radius 1 is 1.33 bits per heavy atom. The number of halogens is 1. The first-order chi connectivity index (χ1) is 10.1. The predicted molar refractivity (Wildman–Crippen MR) is 77.6 cm³/mol. The van der Waals surface area contributed by atoms with Gasteiger partial charge in [0.1, 0.15) is 11.5 Å². The van der Waals surface area contributed by atoms with Crippen LogP contribution in [0.15, 0.2) is 30.6 Å². The molecule has 5 heteroatoms. The molecule has 1 atom stereocenters. The summed E-state index contributed by atoms with van der Waals surface area (Å²) >= 11 is 0. The van der Waals surface area contributed by atoms with E-state index in [1.165, 1.54) is 12.1 Å². The zero-order chi connectivity index (χ0) is 15.0. The summed E-state index contributed by atoms with van der Waals surface area (Å²) in [5.41, 5.74) is 2.50. The number of hydrogen-bond acceptors (Lipinski definition) is 2. The van der Waals surface area contributed by atoms with Gasteiger partial charge in [-0.25, -0.2) is 9.37 Å². The first-order valence-electron chi connectivity index (χ1n) is 7.09. The number of rotatable bonds is 2. The van der Waals surface area contributed by atoms with E-state index in [2.05, 4.69) is 4.98 Å². The molecule has 0 bridgehead atoms. The topological polar surface area (TPSA) is 38.1 Å². The second-order valence-corrected chi connectivity index (χ2v) is 5.58. The first kappa shape index (κ1) is 13.8. The second kappa shape index (κ2) is 5.31. The number of benzene rings is 1. The van der Waals surface area contributed by atoms with Crippen LogP contribution in [0.1, 0.15) is 34.1 Å². The Morgan fingerprint density at radius 3 is 2.67 bits per heavy atom. The smallest absolute Gasteiger partial charge is 0.272 e. The minimum Gasteiger partial charge on any atom is -0.337 e. The number of amides is 1. The van der Waals surface area contributed by atoms with Gasteiger partial charge >= 0.3 is 0 Å². The van der Waals surface area contributed by atoms with Crippen molar-refractivity contribution in [2.75, 3.05) is 13.1 Å². The molecular formula is C16H18FN3O. The molecule has 1 aromatic heterocycles. The zero-order valence-corrected chi connectivity index (χ0v) is 12.2. The number of likely N-dealkylation sites (tertiary alicyclic amines) is 1. The van der Waals surface area contributed by atoms with E-state index < -0.39 is 0 Å². The Bertz CT molecular complexity index is 643. The number of carbonyl (C=O) groups excluding carboxylic acids is 1. The van der Waals surface area contributed by atoms with Crippen molar-refractivity contribution in [3.05, 3.63) is 53.4 Å². The molecule has 0 unspecified atom stereocenters. The molecule has 1 fully saturated rings. The van der Waals surface area contributed by atoms with Gasteiger partial charge < -0.3 is 9.47 Å². The standard InChI is InChI=1S/C16H18FN3O/c1-11-15(19(2)10-18-11)16(21)20-8-7-13(9-20)12-3-5-14(17)6-4-12/h3-6,10,13H,7-9H2,1-2H3/t13-/m0/s1. The predicted octanol–water partition coefficient (Wildman–Crippen LogP) is 2.50. The molecule has 0 radical (unpaired) electrons. The molecular weight excluding hydrogens is 269 g/mol. The summed E-state index contributed by atoms with van der Waals surface area (Å²) in [5.74, 6) is 0.0791. The maximum Gasteiger partial charge on any atom is 0.272 e. The van der Waals surface area contributed by atoms with E-state index in [1.54, 1.807) is 10.9 Å². The molecule has 4 nitrogen and oxygen atoms in total. The highest BCUT2D eigenvalue weighted by atomic mass is 19.1. The zero-order valence-electron chi connectivity index (χ0n) is 12.2. The van der Waals surface area contributed by atoms with E-state index in [4.69, 9.17) is 0 Å². The van der Waals surface area contributed by atoms with Crippen molar-refractivity contribution in [2.45, 2.75) is 19.3 Å². The molecule has 2 heterocycles. The molecule has 1 aliphatic rings. The van der Waals surface area contributed by atoms with Crippen LogP contribution in [0.3, 0.4) is 0 Å². The second-order valence-electron chi connectivity index (χ2n) is 5.58. The average Bonchev–Trinajstić information content (AvgIpc) is 3.07. The van der Waals surface area contributed by atoms with Gasteiger partial charge in [0.15, 0.2) is 0 Å². The minimum absolute atomic E-state index is 0.0251. The molecule has 0 aliphatic carbocycles. The highest BCUT2D eigenvalue weighted by molar-refractivity contribution is 5.93. The quantitative estimate of drug-likeness (QED) is 0.851. The average molecular weight is 287 g/mol. The van der Waals surface area contributed by atoms with Gasteiger partial charge in [0.25, 0.3) is 5.91 Å². The molecule has 1 aliphatic heterocycles. The summed E-state index contributed by atoms with van der Waals surface area (Å²) in [6, 6.07) is 6.57. The summed E-state index contributed by atoms with van der Waals surface area (Å²) < 4.78 is 14.7. The summed E-state index contributed by atoms with van der Waals surface area (Å²) in [6.07, 6.45) is 2.57. The summed E-state index contributed by atoms with van der Waals surface area (Å²) in [7, 11) is 1.83. The number of hydrogen-bond donors (Lipinski definition) is 0. The van der Waals surface area contributed by atoms with Crippen molar-refractivity contribution in [1.82, 2.24) is 14.5 Å². The van der Waals surface area contributed by atoms with Gasteiger partial charge in [0, 0.05) is 26.1 Å². The molecule has 1 aromatic carbocycles. The molecule has 1 amide bonds. The maximum absolute atomic E-state index is 13.0. The number of aryl methyl sites for hydroxylation is 2. The van der Waals surface area contributed by atoms with Crippen molar-refractivity contribution < 1.29 is 9.18 Å². The van der Waals surface area contributed by atoms with E-state index in [0.717, 1.165) is 24.2 Å². The van der Waals surface area contributed by atoms with Crippen molar-refractivity contribution in [1.29, 1.82) is 0 Å². The van der Waals surface area contributed by atoms with Crippen LogP contribution in [0.5, 0.6) is 0 Å². The van der Waals surface area contributed by atoms with Crippen molar-refractivity contribution >= 4 is 5.91 Å². The van der Waals surface area contributed by atoms with Gasteiger partial charge in [-0.1, -0.05) is 12.1 Å². The van der Waals surface area contributed by atoms with Gasteiger partial charge in [-0.05, 0) is 31.0 Å². The summed E-state index contributed by atoms with van der Waals surface area (Å²) in [5, 5.41) is 0. The van der Waals surface area contributed by atoms with Crippen molar-refractivity contribution in [3.63, 3.8) is 0 Å². The number of carbonyl (C=O) groups is 1. The fraction of sp³-hybridized carbons (Fsp3) is 0.375. The third-order valence-corrected chi connectivity index (χ3v) is 4.14. The van der Waals surface area contributed by atoms with Gasteiger partial charge in [0.2, 0.25) is 0 Å². The number of nitrogens with zero attached hydrogens (tertiary/aromatic N) is 3. The van der Waals surface area contributed by atoms with Crippen LogP contribution in [0.4, 0.5) is 4.39 Å². The van der Waals surface area contributed by atoms with Crippen LogP contribution in [0.25, 0.3) is 0 Å². The Labute approximate surface area is 123 Å². The van der Waals surface area contributed by atoms with Crippen LogP contribution < -0.4 is 0 Å². The van der Waals surface area contributed by atoms with E-state index >= 15 is 0 Å². The lowest BCUT2D eigenvalue weighted by atomic mass is 9.99. The van der Waals surface area contributed by atoms with E-state index in [-0.39, 0.29) is 17.6 Å². The maximum atomic E-state index is 13.0. The van der Waals surface area contributed by atoms with Crippen LogP contribution in [0.2, 0.25) is 0 Å².